The van der Waals surface area contributed by atoms with Gasteiger partial charge in [-0.15, -0.1) is 11.3 Å². The molecule has 2 N–H and O–H groups in total. The highest BCUT2D eigenvalue weighted by Gasteiger charge is 2.26. The van der Waals surface area contributed by atoms with Crippen molar-refractivity contribution in [2.45, 2.75) is 20.8 Å². The minimum Gasteiger partial charge on any atom is -0.478 e. The maximum absolute atomic E-state index is 12.5. The molecule has 0 radical (unpaired) electrons. The molecule has 2 aromatic rings. The van der Waals surface area contributed by atoms with E-state index in [-0.39, 0.29) is 23.4 Å². The molecule has 9 heteroatoms. The second-order valence-corrected chi connectivity index (χ2v) is 6.22. The highest BCUT2D eigenvalue weighted by atomic mass is 32.1. The Balaban J connectivity index is 2.40. The van der Waals surface area contributed by atoms with Crippen LogP contribution in [0.15, 0.2) is 6.20 Å². The number of carboxylic acid groups (broad SMARTS) is 1. The molecule has 2 rings (SSSR count). The highest BCUT2D eigenvalue weighted by Crippen LogP contribution is 2.33. The van der Waals surface area contributed by atoms with E-state index in [0.29, 0.717) is 5.00 Å². The molecular formula is C15H17N3O5S. The normalized spacial score (nSPS) is 10.5. The topological polar surface area (TPSA) is 111 Å². The Kier molecular flexibility index (Phi) is 5.03. The zero-order chi connectivity index (χ0) is 18.0. The van der Waals surface area contributed by atoms with Crippen LogP contribution in [-0.2, 0) is 11.8 Å². The lowest BCUT2D eigenvalue weighted by atomic mass is 10.1. The van der Waals surface area contributed by atoms with Crippen molar-refractivity contribution in [1.82, 2.24) is 9.78 Å². The van der Waals surface area contributed by atoms with E-state index in [4.69, 9.17) is 9.84 Å². The van der Waals surface area contributed by atoms with E-state index in [1.165, 1.54) is 23.1 Å². The number of thiophene rings is 1. The Bertz CT molecular complexity index is 821. The van der Waals surface area contributed by atoms with Crippen molar-refractivity contribution in [3.05, 3.63) is 33.5 Å². The van der Waals surface area contributed by atoms with E-state index >= 15 is 0 Å². The van der Waals surface area contributed by atoms with Crippen molar-refractivity contribution < 1.29 is 24.2 Å². The van der Waals surface area contributed by atoms with Crippen LogP contribution in [0.3, 0.4) is 0 Å². The average Bonchev–Trinajstić information content (AvgIpc) is 3.00. The number of carbonyl (C=O) groups excluding carboxylic acids is 2. The number of nitrogens with zero attached hydrogens (tertiary/aromatic N) is 2. The Morgan fingerprint density at radius 1 is 1.38 bits per heavy atom. The largest absolute Gasteiger partial charge is 0.478 e. The first-order valence-electron chi connectivity index (χ1n) is 7.11. The summed E-state index contributed by atoms with van der Waals surface area (Å²) in [5, 5.41) is 15.9. The van der Waals surface area contributed by atoms with Gasteiger partial charge < -0.3 is 15.2 Å². The van der Waals surface area contributed by atoms with Crippen molar-refractivity contribution in [2.24, 2.45) is 7.05 Å². The number of carbonyl (C=O) groups is 3. The molecule has 128 valence electrons. The molecule has 0 atom stereocenters. The number of amides is 1. The number of esters is 1. The number of hydrogen-bond acceptors (Lipinski definition) is 6. The molecule has 0 fully saturated rings. The quantitative estimate of drug-likeness (QED) is 0.799. The summed E-state index contributed by atoms with van der Waals surface area (Å²) < 4.78 is 6.20. The summed E-state index contributed by atoms with van der Waals surface area (Å²) in [6, 6.07) is 0. The average molecular weight is 351 g/mol. The number of anilines is 1. The Labute approximate surface area is 142 Å². The minimum absolute atomic E-state index is 0.0963. The predicted molar refractivity (Wildman–Crippen MR) is 87.9 cm³/mol. The van der Waals surface area contributed by atoms with Gasteiger partial charge in [-0.3, -0.25) is 9.48 Å². The van der Waals surface area contributed by atoms with Crippen LogP contribution in [0.4, 0.5) is 5.00 Å². The molecule has 24 heavy (non-hydrogen) atoms. The van der Waals surface area contributed by atoms with Crippen LogP contribution in [0, 0.1) is 13.8 Å². The monoisotopic (exact) mass is 351 g/mol. The van der Waals surface area contributed by atoms with Gasteiger partial charge >= 0.3 is 11.9 Å². The molecule has 1 amide bonds. The molecule has 0 spiro atoms. The lowest BCUT2D eigenvalue weighted by Crippen LogP contribution is -2.20. The van der Waals surface area contributed by atoms with Gasteiger partial charge in [0.15, 0.2) is 0 Å². The van der Waals surface area contributed by atoms with Crippen LogP contribution in [0.25, 0.3) is 0 Å². The number of rotatable bonds is 5. The summed E-state index contributed by atoms with van der Waals surface area (Å²) >= 11 is 1.23. The second-order valence-electron chi connectivity index (χ2n) is 5.00. The molecule has 0 bridgehead atoms. The van der Waals surface area contributed by atoms with Gasteiger partial charge in [-0.2, -0.15) is 5.10 Å². The zero-order valence-corrected chi connectivity index (χ0v) is 14.5. The van der Waals surface area contributed by atoms with Gasteiger partial charge in [-0.05, 0) is 26.3 Å². The summed E-state index contributed by atoms with van der Waals surface area (Å²) in [4.78, 5) is 36.7. The van der Waals surface area contributed by atoms with Gasteiger partial charge in [-0.1, -0.05) is 0 Å². The van der Waals surface area contributed by atoms with E-state index in [1.807, 2.05) is 6.92 Å². The van der Waals surface area contributed by atoms with Crippen LogP contribution in [0.1, 0.15) is 48.6 Å². The van der Waals surface area contributed by atoms with Crippen LogP contribution >= 0.6 is 11.3 Å². The number of carboxylic acids is 1. The maximum atomic E-state index is 12.5. The lowest BCUT2D eigenvalue weighted by Gasteiger charge is -2.08. The molecular weight excluding hydrogens is 334 g/mol. The Morgan fingerprint density at radius 2 is 2.04 bits per heavy atom. The summed E-state index contributed by atoms with van der Waals surface area (Å²) in [7, 11) is 1.47. The molecule has 0 unspecified atom stereocenters. The van der Waals surface area contributed by atoms with Gasteiger partial charge in [0.1, 0.15) is 16.3 Å². The van der Waals surface area contributed by atoms with E-state index in [0.717, 1.165) is 16.6 Å². The number of ether oxygens (including phenoxy) is 1. The Morgan fingerprint density at radius 3 is 2.62 bits per heavy atom. The lowest BCUT2D eigenvalue weighted by molar-refractivity contribution is 0.0526. The van der Waals surface area contributed by atoms with Crippen molar-refractivity contribution in [3.63, 3.8) is 0 Å². The molecule has 0 aliphatic rings. The smallest absolute Gasteiger partial charge is 0.341 e. The van der Waals surface area contributed by atoms with Crippen LogP contribution in [0.2, 0.25) is 0 Å². The number of aryl methyl sites for hydroxylation is 2. The van der Waals surface area contributed by atoms with Gasteiger partial charge in [0.2, 0.25) is 0 Å². The fraction of sp³-hybridized carbons (Fsp3) is 0.333. The molecule has 8 nitrogen and oxygen atoms in total. The van der Waals surface area contributed by atoms with Crippen molar-refractivity contribution in [1.29, 1.82) is 0 Å². The van der Waals surface area contributed by atoms with Crippen molar-refractivity contribution in [3.8, 4) is 0 Å². The van der Waals surface area contributed by atoms with Crippen LogP contribution in [0.5, 0.6) is 0 Å². The van der Waals surface area contributed by atoms with E-state index in [2.05, 4.69) is 10.4 Å². The molecule has 0 aromatic carbocycles. The van der Waals surface area contributed by atoms with Crippen LogP contribution < -0.4 is 5.32 Å². The molecule has 0 saturated heterocycles. The molecule has 2 aromatic heterocycles. The summed E-state index contributed by atoms with van der Waals surface area (Å²) in [6.45, 7) is 5.50. The standard InChI is InChI=1S/C15H17N3O5S/c1-5-23-15(22)10-7(2)8(3)24-13(10)17-12(19)11-9(14(20)21)6-16-18(11)4/h6H,5H2,1-4H3,(H,17,19)(H,20,21). The maximum Gasteiger partial charge on any atom is 0.341 e. The predicted octanol–water partition coefficient (Wildman–Crippen LogP) is 2.23. The first-order valence-corrected chi connectivity index (χ1v) is 7.93. The van der Waals surface area contributed by atoms with Gasteiger partial charge in [0, 0.05) is 11.9 Å². The molecule has 0 saturated carbocycles. The fourth-order valence-electron chi connectivity index (χ4n) is 2.19. The van der Waals surface area contributed by atoms with Gasteiger partial charge in [0.05, 0.1) is 18.4 Å². The summed E-state index contributed by atoms with van der Waals surface area (Å²) in [5.41, 5.74) is 0.697. The minimum atomic E-state index is -1.25. The molecule has 0 aliphatic heterocycles. The van der Waals surface area contributed by atoms with Crippen molar-refractivity contribution >= 4 is 34.2 Å². The number of aromatic nitrogens is 2. The third kappa shape index (κ3) is 3.16. The first kappa shape index (κ1) is 17.7. The van der Waals surface area contributed by atoms with Crippen molar-refractivity contribution in [2.75, 3.05) is 11.9 Å². The summed E-state index contributed by atoms with van der Waals surface area (Å²) in [6.07, 6.45) is 1.11. The molecule has 0 aliphatic carbocycles. The number of hydrogen-bond donors (Lipinski definition) is 2. The number of aromatic carboxylic acids is 1. The van der Waals surface area contributed by atoms with E-state index in [1.54, 1.807) is 13.8 Å². The third-order valence-electron chi connectivity index (χ3n) is 3.48. The summed E-state index contributed by atoms with van der Waals surface area (Å²) in [5.74, 6) is -2.44. The second kappa shape index (κ2) is 6.83. The Hall–Kier alpha value is -2.68. The fourth-order valence-corrected chi connectivity index (χ4v) is 3.23. The number of nitrogens with one attached hydrogen (secondary N) is 1. The van der Waals surface area contributed by atoms with Gasteiger partial charge in [0.25, 0.3) is 5.91 Å². The van der Waals surface area contributed by atoms with E-state index in [9.17, 15) is 14.4 Å². The first-order chi connectivity index (χ1) is 11.3. The van der Waals surface area contributed by atoms with Gasteiger partial charge in [-0.25, -0.2) is 9.59 Å². The highest BCUT2D eigenvalue weighted by molar-refractivity contribution is 7.16. The molecule has 2 heterocycles. The SMILES string of the molecule is CCOC(=O)c1c(NC(=O)c2c(C(=O)O)cnn2C)sc(C)c1C. The van der Waals surface area contributed by atoms with Crippen LogP contribution in [-0.4, -0.2) is 39.3 Å². The van der Waals surface area contributed by atoms with E-state index < -0.39 is 17.8 Å². The zero-order valence-electron chi connectivity index (χ0n) is 13.7. The third-order valence-corrected chi connectivity index (χ3v) is 4.60.